The highest BCUT2D eigenvalue weighted by atomic mass is 32.2. The van der Waals surface area contributed by atoms with Gasteiger partial charge in [0.05, 0.1) is 12.0 Å². The molecule has 6 heteroatoms. The Morgan fingerprint density at radius 2 is 2.00 bits per heavy atom. The fraction of sp³-hybridized carbons (Fsp3) is 0.571. The van der Waals surface area contributed by atoms with Gasteiger partial charge in [0.25, 0.3) is 0 Å². The summed E-state index contributed by atoms with van der Waals surface area (Å²) in [4.78, 5) is 0.298. The van der Waals surface area contributed by atoms with Gasteiger partial charge >= 0.3 is 0 Å². The van der Waals surface area contributed by atoms with Crippen molar-refractivity contribution in [1.82, 2.24) is 4.31 Å². The van der Waals surface area contributed by atoms with E-state index in [9.17, 15) is 8.42 Å². The van der Waals surface area contributed by atoms with Gasteiger partial charge in [0.2, 0.25) is 10.0 Å². The van der Waals surface area contributed by atoms with Crippen molar-refractivity contribution in [3.63, 3.8) is 0 Å². The van der Waals surface area contributed by atoms with Crippen LogP contribution in [0.15, 0.2) is 29.2 Å². The summed E-state index contributed by atoms with van der Waals surface area (Å²) in [5, 5.41) is 0. The Morgan fingerprint density at radius 1 is 1.35 bits per heavy atom. The maximum absolute atomic E-state index is 12.7. The average molecular weight is 298 g/mol. The summed E-state index contributed by atoms with van der Waals surface area (Å²) in [7, 11) is -1.92. The number of hydrogen-bond acceptors (Lipinski definition) is 4. The molecule has 1 aromatic rings. The van der Waals surface area contributed by atoms with Crippen molar-refractivity contribution >= 4 is 10.0 Å². The predicted molar refractivity (Wildman–Crippen MR) is 78.1 cm³/mol. The molecule has 0 spiro atoms. The molecule has 0 amide bonds. The van der Waals surface area contributed by atoms with E-state index in [1.54, 1.807) is 35.7 Å². The van der Waals surface area contributed by atoms with Gasteiger partial charge in [-0.1, -0.05) is 6.92 Å². The minimum Gasteiger partial charge on any atom is -0.497 e. The standard InChI is InChI=1S/C14H22N2O3S/c1-11-7-8-16(12(9-11)10-15)20(17,18)14-5-3-13(19-2)4-6-14/h3-6,11-12H,7-10,15H2,1-2H3. The Balaban J connectivity index is 2.28. The number of hydrogen-bond donors (Lipinski definition) is 1. The van der Waals surface area contributed by atoms with Crippen LogP contribution in [0.4, 0.5) is 0 Å². The molecule has 0 aromatic heterocycles. The number of methoxy groups -OCH3 is 1. The van der Waals surface area contributed by atoms with Gasteiger partial charge in [-0.15, -0.1) is 0 Å². The molecule has 2 unspecified atom stereocenters. The molecule has 1 fully saturated rings. The first kappa shape index (κ1) is 15.3. The summed E-state index contributed by atoms with van der Waals surface area (Å²) in [6.07, 6.45) is 1.71. The van der Waals surface area contributed by atoms with Gasteiger partial charge in [-0.05, 0) is 43.0 Å². The molecule has 0 aliphatic carbocycles. The Hall–Kier alpha value is -1.11. The number of piperidine rings is 1. The maximum atomic E-state index is 12.7. The van der Waals surface area contributed by atoms with Gasteiger partial charge in [-0.3, -0.25) is 0 Å². The molecule has 2 rings (SSSR count). The van der Waals surface area contributed by atoms with Crippen molar-refractivity contribution in [3.8, 4) is 5.75 Å². The Kier molecular flexibility index (Phi) is 4.67. The van der Waals surface area contributed by atoms with Crippen LogP contribution >= 0.6 is 0 Å². The van der Waals surface area contributed by atoms with Crippen molar-refractivity contribution < 1.29 is 13.2 Å². The highest BCUT2D eigenvalue weighted by Crippen LogP contribution is 2.28. The molecule has 1 heterocycles. The summed E-state index contributed by atoms with van der Waals surface area (Å²) in [5.41, 5.74) is 5.75. The highest BCUT2D eigenvalue weighted by molar-refractivity contribution is 7.89. The third-order valence-corrected chi connectivity index (χ3v) is 5.83. The minimum absolute atomic E-state index is 0.106. The third-order valence-electron chi connectivity index (χ3n) is 3.86. The maximum Gasteiger partial charge on any atom is 0.243 e. The van der Waals surface area contributed by atoms with E-state index in [4.69, 9.17) is 10.5 Å². The smallest absolute Gasteiger partial charge is 0.243 e. The minimum atomic E-state index is -3.47. The molecule has 2 atom stereocenters. The fourth-order valence-corrected chi connectivity index (χ4v) is 4.30. The summed E-state index contributed by atoms with van der Waals surface area (Å²) in [6.45, 7) is 3.04. The molecule has 20 heavy (non-hydrogen) atoms. The van der Waals surface area contributed by atoms with Crippen molar-refractivity contribution in [1.29, 1.82) is 0 Å². The number of nitrogens with zero attached hydrogens (tertiary/aromatic N) is 1. The molecule has 2 N–H and O–H groups in total. The molecule has 5 nitrogen and oxygen atoms in total. The van der Waals surface area contributed by atoms with Crippen LogP contribution in [-0.4, -0.2) is 39.0 Å². The lowest BCUT2D eigenvalue weighted by Gasteiger charge is -2.36. The van der Waals surface area contributed by atoms with Crippen molar-refractivity contribution in [2.75, 3.05) is 20.2 Å². The third kappa shape index (κ3) is 2.97. The molecule has 1 aliphatic rings. The van der Waals surface area contributed by atoms with Gasteiger partial charge in [-0.25, -0.2) is 8.42 Å². The van der Waals surface area contributed by atoms with E-state index in [1.807, 2.05) is 0 Å². The van der Waals surface area contributed by atoms with E-state index in [-0.39, 0.29) is 6.04 Å². The number of ether oxygens (including phenoxy) is 1. The first-order valence-electron chi connectivity index (χ1n) is 6.85. The van der Waals surface area contributed by atoms with E-state index in [0.717, 1.165) is 12.8 Å². The quantitative estimate of drug-likeness (QED) is 0.913. The van der Waals surface area contributed by atoms with E-state index >= 15 is 0 Å². The Labute approximate surface area is 120 Å². The molecule has 1 saturated heterocycles. The van der Waals surface area contributed by atoms with Crippen LogP contribution < -0.4 is 10.5 Å². The van der Waals surface area contributed by atoms with Crippen LogP contribution in [0.3, 0.4) is 0 Å². The second-order valence-corrected chi connectivity index (χ2v) is 7.20. The van der Waals surface area contributed by atoms with Gasteiger partial charge in [-0.2, -0.15) is 4.31 Å². The Bertz CT molecular complexity index is 542. The van der Waals surface area contributed by atoms with Crippen molar-refractivity contribution in [2.45, 2.75) is 30.7 Å². The molecule has 0 saturated carbocycles. The summed E-state index contributed by atoms with van der Waals surface area (Å²) in [6, 6.07) is 6.39. The molecular formula is C14H22N2O3S. The van der Waals surface area contributed by atoms with Crippen LogP contribution in [-0.2, 0) is 10.0 Å². The molecule has 0 radical (unpaired) electrons. The molecule has 0 bridgehead atoms. The number of rotatable bonds is 4. The SMILES string of the molecule is COc1ccc(S(=O)(=O)N2CCC(C)CC2CN)cc1. The first-order chi connectivity index (χ1) is 9.48. The van der Waals surface area contributed by atoms with Crippen LogP contribution in [0.1, 0.15) is 19.8 Å². The number of nitrogens with two attached hydrogens (primary N) is 1. The van der Waals surface area contributed by atoms with E-state index in [2.05, 4.69) is 6.92 Å². The normalized spacial score (nSPS) is 24.6. The van der Waals surface area contributed by atoms with Gasteiger partial charge in [0.15, 0.2) is 0 Å². The van der Waals surface area contributed by atoms with E-state index < -0.39 is 10.0 Å². The second-order valence-electron chi connectivity index (χ2n) is 5.31. The van der Waals surface area contributed by atoms with Crippen LogP contribution in [0.25, 0.3) is 0 Å². The van der Waals surface area contributed by atoms with Gasteiger partial charge < -0.3 is 10.5 Å². The largest absolute Gasteiger partial charge is 0.497 e. The predicted octanol–water partition coefficient (Wildman–Crippen LogP) is 1.44. The second kappa shape index (κ2) is 6.11. The van der Waals surface area contributed by atoms with Crippen LogP contribution in [0.2, 0.25) is 0 Å². The van der Waals surface area contributed by atoms with Crippen molar-refractivity contribution in [3.05, 3.63) is 24.3 Å². The zero-order valence-electron chi connectivity index (χ0n) is 12.0. The number of sulfonamides is 1. The topological polar surface area (TPSA) is 72.6 Å². The summed E-state index contributed by atoms with van der Waals surface area (Å²) >= 11 is 0. The molecule has 1 aromatic carbocycles. The van der Waals surface area contributed by atoms with E-state index in [0.29, 0.717) is 29.7 Å². The van der Waals surface area contributed by atoms with Gasteiger partial charge in [0, 0.05) is 19.1 Å². The van der Waals surface area contributed by atoms with Crippen LogP contribution in [0.5, 0.6) is 5.75 Å². The lowest BCUT2D eigenvalue weighted by Crippen LogP contribution is -2.49. The first-order valence-corrected chi connectivity index (χ1v) is 8.29. The van der Waals surface area contributed by atoms with E-state index in [1.165, 1.54) is 0 Å². The summed E-state index contributed by atoms with van der Waals surface area (Å²) < 4.78 is 32.0. The molecule has 1 aliphatic heterocycles. The van der Waals surface area contributed by atoms with Gasteiger partial charge in [0.1, 0.15) is 5.75 Å². The van der Waals surface area contributed by atoms with Crippen molar-refractivity contribution in [2.24, 2.45) is 11.7 Å². The molecule has 112 valence electrons. The fourth-order valence-electron chi connectivity index (χ4n) is 2.64. The average Bonchev–Trinajstić information content (AvgIpc) is 2.46. The zero-order chi connectivity index (χ0) is 14.8. The molecular weight excluding hydrogens is 276 g/mol. The van der Waals surface area contributed by atoms with Crippen LogP contribution in [0, 0.1) is 5.92 Å². The highest BCUT2D eigenvalue weighted by Gasteiger charge is 2.34. The Morgan fingerprint density at radius 3 is 2.55 bits per heavy atom. The summed E-state index contributed by atoms with van der Waals surface area (Å²) in [5.74, 6) is 1.16. The lowest BCUT2D eigenvalue weighted by atomic mass is 9.94. The zero-order valence-corrected chi connectivity index (χ0v) is 12.8. The number of benzene rings is 1. The lowest BCUT2D eigenvalue weighted by molar-refractivity contribution is 0.211. The monoisotopic (exact) mass is 298 g/mol.